The Morgan fingerprint density at radius 2 is 2.27 bits per heavy atom. The van der Waals surface area contributed by atoms with Crippen molar-refractivity contribution in [3.63, 3.8) is 0 Å². The second kappa shape index (κ2) is 4.77. The Labute approximate surface area is 86.9 Å². The molecule has 1 heterocycles. The maximum atomic E-state index is 11.4. The highest BCUT2D eigenvalue weighted by Crippen LogP contribution is 2.13. The number of amides is 1. The Hall–Kier alpha value is -1.59. The normalized spacial score (nSPS) is 21.7. The number of esters is 2. The molecular weight excluding hydrogens is 202 g/mol. The highest BCUT2D eigenvalue weighted by atomic mass is 16.6. The molecule has 0 radical (unpaired) electrons. The summed E-state index contributed by atoms with van der Waals surface area (Å²) in [6, 6.07) is -0.734. The van der Waals surface area contributed by atoms with E-state index in [-0.39, 0.29) is 12.4 Å². The predicted octanol–water partition coefficient (Wildman–Crippen LogP) is -0.630. The van der Waals surface area contributed by atoms with Gasteiger partial charge in [0.15, 0.2) is 6.10 Å². The Kier molecular flexibility index (Phi) is 3.65. The van der Waals surface area contributed by atoms with Crippen molar-refractivity contribution < 1.29 is 23.9 Å². The van der Waals surface area contributed by atoms with Crippen LogP contribution in [0.25, 0.3) is 0 Å². The van der Waals surface area contributed by atoms with Crippen LogP contribution >= 0.6 is 0 Å². The lowest BCUT2D eigenvalue weighted by Gasteiger charge is -2.14. The van der Waals surface area contributed by atoms with Gasteiger partial charge in [0.25, 0.3) is 5.91 Å². The van der Waals surface area contributed by atoms with E-state index >= 15 is 0 Å². The summed E-state index contributed by atoms with van der Waals surface area (Å²) in [4.78, 5) is 33.1. The molecule has 15 heavy (non-hydrogen) atoms. The van der Waals surface area contributed by atoms with Crippen molar-refractivity contribution in [2.24, 2.45) is 0 Å². The SMILES string of the molecule is COC(=O)[C@H](C)NC(=O)[C@H]1CCC(=O)O1. The molecule has 0 bridgehead atoms. The Balaban J connectivity index is 2.42. The zero-order chi connectivity index (χ0) is 11.4. The fraction of sp³-hybridized carbons (Fsp3) is 0.667. The minimum absolute atomic E-state index is 0.241. The maximum absolute atomic E-state index is 11.4. The molecule has 2 atom stereocenters. The van der Waals surface area contributed by atoms with Crippen LogP contribution in [0.3, 0.4) is 0 Å². The zero-order valence-corrected chi connectivity index (χ0v) is 8.61. The second-order valence-corrected chi connectivity index (χ2v) is 3.27. The zero-order valence-electron chi connectivity index (χ0n) is 8.61. The quantitative estimate of drug-likeness (QED) is 0.634. The van der Waals surface area contributed by atoms with Crippen molar-refractivity contribution in [3.8, 4) is 0 Å². The van der Waals surface area contributed by atoms with Gasteiger partial charge in [-0.05, 0) is 6.92 Å². The maximum Gasteiger partial charge on any atom is 0.328 e. The molecule has 1 aliphatic rings. The van der Waals surface area contributed by atoms with E-state index in [0.717, 1.165) is 0 Å². The summed E-state index contributed by atoms with van der Waals surface area (Å²) in [5, 5.41) is 2.40. The average Bonchev–Trinajstić information content (AvgIpc) is 2.63. The van der Waals surface area contributed by atoms with Gasteiger partial charge in [0, 0.05) is 12.8 Å². The number of cyclic esters (lactones) is 1. The summed E-state index contributed by atoms with van der Waals surface area (Å²) >= 11 is 0. The monoisotopic (exact) mass is 215 g/mol. The van der Waals surface area contributed by atoms with Gasteiger partial charge in [-0.3, -0.25) is 9.59 Å². The number of rotatable bonds is 3. The summed E-state index contributed by atoms with van der Waals surface area (Å²) in [5.41, 5.74) is 0. The molecule has 1 aliphatic heterocycles. The second-order valence-electron chi connectivity index (χ2n) is 3.27. The smallest absolute Gasteiger partial charge is 0.328 e. The number of hydrogen-bond donors (Lipinski definition) is 1. The van der Waals surface area contributed by atoms with E-state index < -0.39 is 24.0 Å². The van der Waals surface area contributed by atoms with Gasteiger partial charge < -0.3 is 14.8 Å². The minimum atomic E-state index is -0.774. The van der Waals surface area contributed by atoms with Crippen LogP contribution < -0.4 is 5.32 Å². The Morgan fingerprint density at radius 1 is 1.60 bits per heavy atom. The molecule has 0 aromatic rings. The molecule has 6 heteroatoms. The van der Waals surface area contributed by atoms with Crippen LogP contribution in [0, 0.1) is 0 Å². The average molecular weight is 215 g/mol. The largest absolute Gasteiger partial charge is 0.467 e. The van der Waals surface area contributed by atoms with E-state index in [1.54, 1.807) is 0 Å². The summed E-state index contributed by atoms with van der Waals surface area (Å²) in [5.74, 6) is -1.38. The third-order valence-electron chi connectivity index (χ3n) is 2.09. The lowest BCUT2D eigenvalue weighted by atomic mass is 10.2. The molecule has 0 aliphatic carbocycles. The van der Waals surface area contributed by atoms with Gasteiger partial charge in [-0.15, -0.1) is 0 Å². The van der Waals surface area contributed by atoms with Gasteiger partial charge in [0.2, 0.25) is 0 Å². The highest BCUT2D eigenvalue weighted by molar-refractivity contribution is 5.89. The Morgan fingerprint density at radius 3 is 2.73 bits per heavy atom. The van der Waals surface area contributed by atoms with Crippen molar-refractivity contribution in [1.82, 2.24) is 5.32 Å². The first-order valence-corrected chi connectivity index (χ1v) is 4.62. The molecule has 1 fully saturated rings. The Bertz CT molecular complexity index is 288. The van der Waals surface area contributed by atoms with Crippen molar-refractivity contribution in [2.75, 3.05) is 7.11 Å². The molecule has 0 aromatic heterocycles. The molecule has 6 nitrogen and oxygen atoms in total. The predicted molar refractivity (Wildman–Crippen MR) is 48.7 cm³/mol. The standard InChI is InChI=1S/C9H13NO5/c1-5(9(13)14-2)10-8(12)6-3-4-7(11)15-6/h5-6H,3-4H2,1-2H3,(H,10,12)/t5-,6+/m0/s1. The van der Waals surface area contributed by atoms with Crippen LogP contribution in [-0.4, -0.2) is 37.1 Å². The van der Waals surface area contributed by atoms with Crippen LogP contribution in [0.1, 0.15) is 19.8 Å². The number of methoxy groups -OCH3 is 1. The van der Waals surface area contributed by atoms with Crippen molar-refractivity contribution >= 4 is 17.8 Å². The molecule has 0 unspecified atom stereocenters. The summed E-state index contributed by atoms with van der Waals surface area (Å²) < 4.78 is 9.17. The van der Waals surface area contributed by atoms with Crippen LogP contribution in [-0.2, 0) is 23.9 Å². The van der Waals surface area contributed by atoms with Crippen LogP contribution in [0.2, 0.25) is 0 Å². The first-order valence-electron chi connectivity index (χ1n) is 4.62. The topological polar surface area (TPSA) is 81.7 Å². The third-order valence-corrected chi connectivity index (χ3v) is 2.09. The molecule has 84 valence electrons. The van der Waals surface area contributed by atoms with E-state index in [1.807, 2.05) is 0 Å². The van der Waals surface area contributed by atoms with E-state index in [9.17, 15) is 14.4 Å². The van der Waals surface area contributed by atoms with E-state index in [1.165, 1.54) is 14.0 Å². The van der Waals surface area contributed by atoms with Crippen molar-refractivity contribution in [3.05, 3.63) is 0 Å². The van der Waals surface area contributed by atoms with Gasteiger partial charge in [-0.25, -0.2) is 4.79 Å². The molecule has 1 amide bonds. The first kappa shape index (κ1) is 11.5. The van der Waals surface area contributed by atoms with Crippen LogP contribution in [0.4, 0.5) is 0 Å². The number of hydrogen-bond acceptors (Lipinski definition) is 5. The molecule has 1 saturated heterocycles. The van der Waals surface area contributed by atoms with Crippen LogP contribution in [0.5, 0.6) is 0 Å². The summed E-state index contributed by atoms with van der Waals surface area (Å²) in [6.45, 7) is 1.50. The van der Waals surface area contributed by atoms with Gasteiger partial charge in [-0.2, -0.15) is 0 Å². The molecule has 0 saturated carbocycles. The number of nitrogens with one attached hydrogen (secondary N) is 1. The van der Waals surface area contributed by atoms with Crippen LogP contribution in [0.15, 0.2) is 0 Å². The minimum Gasteiger partial charge on any atom is -0.467 e. The fourth-order valence-corrected chi connectivity index (χ4v) is 1.25. The lowest BCUT2D eigenvalue weighted by Crippen LogP contribution is -2.44. The number of ether oxygens (including phenoxy) is 2. The van der Waals surface area contributed by atoms with Gasteiger partial charge in [0.1, 0.15) is 6.04 Å². The van der Waals surface area contributed by atoms with E-state index in [0.29, 0.717) is 6.42 Å². The summed E-state index contributed by atoms with van der Waals surface area (Å²) in [7, 11) is 1.24. The van der Waals surface area contributed by atoms with E-state index in [2.05, 4.69) is 10.1 Å². The number of carbonyl (C=O) groups excluding carboxylic acids is 3. The fourth-order valence-electron chi connectivity index (χ4n) is 1.25. The van der Waals surface area contributed by atoms with Crippen molar-refractivity contribution in [2.45, 2.75) is 31.9 Å². The van der Waals surface area contributed by atoms with Crippen molar-refractivity contribution in [1.29, 1.82) is 0 Å². The van der Waals surface area contributed by atoms with E-state index in [4.69, 9.17) is 4.74 Å². The third kappa shape index (κ3) is 2.93. The first-order chi connectivity index (χ1) is 7.04. The summed E-state index contributed by atoms with van der Waals surface area (Å²) in [6.07, 6.45) is -0.173. The van der Waals surface area contributed by atoms with Gasteiger partial charge >= 0.3 is 11.9 Å². The molecule has 1 rings (SSSR count). The lowest BCUT2D eigenvalue weighted by molar-refractivity contribution is -0.150. The highest BCUT2D eigenvalue weighted by Gasteiger charge is 2.31. The molecule has 0 aromatic carbocycles. The molecular formula is C9H13NO5. The molecule has 1 N–H and O–H groups in total. The van der Waals surface area contributed by atoms with Gasteiger partial charge in [0.05, 0.1) is 7.11 Å². The van der Waals surface area contributed by atoms with Gasteiger partial charge in [-0.1, -0.05) is 0 Å². The number of carbonyl (C=O) groups is 3. The molecule has 0 spiro atoms.